The molecule has 1 aromatic rings. The van der Waals surface area contributed by atoms with E-state index in [1.807, 2.05) is 25.7 Å². The number of anilines is 1. The van der Waals surface area contributed by atoms with E-state index in [4.69, 9.17) is 16.3 Å². The molecule has 6 heteroatoms. The molecule has 0 unspecified atom stereocenters. The first-order valence-electron chi connectivity index (χ1n) is 9.60. The molecule has 1 N–H and O–H groups in total. The number of nitrogens with zero attached hydrogens (tertiary/aromatic N) is 1. The molecule has 0 radical (unpaired) electrons. The van der Waals surface area contributed by atoms with E-state index in [9.17, 15) is 9.59 Å². The van der Waals surface area contributed by atoms with E-state index in [0.717, 1.165) is 0 Å². The lowest BCUT2D eigenvalue weighted by Gasteiger charge is -2.35. The van der Waals surface area contributed by atoms with Crippen molar-refractivity contribution in [3.8, 4) is 5.75 Å². The van der Waals surface area contributed by atoms with Crippen LogP contribution in [0.3, 0.4) is 0 Å². The molecule has 27 heavy (non-hydrogen) atoms. The van der Waals surface area contributed by atoms with Gasteiger partial charge in [-0.2, -0.15) is 0 Å². The maximum atomic E-state index is 12.6. The number of nitrogens with one attached hydrogen (secondary N) is 1. The van der Waals surface area contributed by atoms with Gasteiger partial charge < -0.3 is 15.0 Å². The quantitative estimate of drug-likeness (QED) is 0.794. The summed E-state index contributed by atoms with van der Waals surface area (Å²) in [4.78, 5) is 26.8. The zero-order valence-corrected chi connectivity index (χ0v) is 17.7. The van der Waals surface area contributed by atoms with Crippen LogP contribution in [-0.4, -0.2) is 36.4 Å². The Morgan fingerprint density at radius 2 is 1.89 bits per heavy atom. The first kappa shape index (κ1) is 21.5. The summed E-state index contributed by atoms with van der Waals surface area (Å²) < 4.78 is 5.65. The minimum absolute atomic E-state index is 0.0234. The van der Waals surface area contributed by atoms with Gasteiger partial charge in [-0.15, -0.1) is 0 Å². The van der Waals surface area contributed by atoms with Gasteiger partial charge in [-0.05, 0) is 37.0 Å². The molecule has 5 nitrogen and oxygen atoms in total. The Bertz CT molecular complexity index is 674. The van der Waals surface area contributed by atoms with Gasteiger partial charge in [0.1, 0.15) is 5.75 Å². The maximum absolute atomic E-state index is 12.6. The predicted molar refractivity (Wildman–Crippen MR) is 109 cm³/mol. The highest BCUT2D eigenvalue weighted by Crippen LogP contribution is 2.29. The lowest BCUT2D eigenvalue weighted by atomic mass is 9.90. The van der Waals surface area contributed by atoms with E-state index in [0.29, 0.717) is 54.9 Å². The standard InChI is InChI=1S/C21H31ClN2O3/c1-14(2)13-27-18-7-6-16(12-17(18)22)23-19(25)15-8-10-24(11-9-15)20(26)21(3,4)5/h6-7,12,14-15H,8-11,13H2,1-5H3,(H,23,25). The lowest BCUT2D eigenvalue weighted by molar-refractivity contribution is -0.142. The van der Waals surface area contributed by atoms with Crippen LogP contribution in [0.25, 0.3) is 0 Å². The van der Waals surface area contributed by atoms with Gasteiger partial charge in [0.15, 0.2) is 0 Å². The molecule has 1 aliphatic heterocycles. The number of halogens is 1. The van der Waals surface area contributed by atoms with Crippen molar-refractivity contribution in [2.45, 2.75) is 47.5 Å². The normalized spacial score (nSPS) is 15.7. The van der Waals surface area contributed by atoms with E-state index < -0.39 is 0 Å². The fourth-order valence-corrected chi connectivity index (χ4v) is 3.25. The summed E-state index contributed by atoms with van der Waals surface area (Å²) in [5.74, 6) is 1.06. The van der Waals surface area contributed by atoms with E-state index in [-0.39, 0.29) is 23.1 Å². The molecule has 1 fully saturated rings. The summed E-state index contributed by atoms with van der Waals surface area (Å²) in [6, 6.07) is 5.30. The third kappa shape index (κ3) is 6.13. The third-order valence-corrected chi connectivity index (χ3v) is 4.86. The predicted octanol–water partition coefficient (Wildman–Crippen LogP) is 4.60. The Morgan fingerprint density at radius 3 is 2.41 bits per heavy atom. The Morgan fingerprint density at radius 1 is 1.26 bits per heavy atom. The Labute approximate surface area is 167 Å². The molecule has 0 aliphatic carbocycles. The number of ether oxygens (including phenoxy) is 1. The van der Waals surface area contributed by atoms with Crippen molar-refractivity contribution in [1.82, 2.24) is 4.90 Å². The fourth-order valence-electron chi connectivity index (χ4n) is 3.02. The zero-order valence-electron chi connectivity index (χ0n) is 17.0. The SMILES string of the molecule is CC(C)COc1ccc(NC(=O)C2CCN(C(=O)C(C)(C)C)CC2)cc1Cl. The number of amides is 2. The molecule has 2 amide bonds. The number of carbonyl (C=O) groups is 2. The largest absolute Gasteiger partial charge is 0.492 e. The first-order valence-corrected chi connectivity index (χ1v) is 9.98. The van der Waals surface area contributed by atoms with Crippen LogP contribution < -0.4 is 10.1 Å². The molecular weight excluding hydrogens is 364 g/mol. The van der Waals surface area contributed by atoms with Crippen molar-refractivity contribution < 1.29 is 14.3 Å². The molecule has 0 bridgehead atoms. The number of hydrogen-bond donors (Lipinski definition) is 1. The zero-order chi connectivity index (χ0) is 20.2. The van der Waals surface area contributed by atoms with Crippen LogP contribution in [0.15, 0.2) is 18.2 Å². The van der Waals surface area contributed by atoms with Gasteiger partial charge >= 0.3 is 0 Å². The average Bonchev–Trinajstić information content (AvgIpc) is 2.59. The van der Waals surface area contributed by atoms with Gasteiger partial charge in [-0.25, -0.2) is 0 Å². The highest BCUT2D eigenvalue weighted by Gasteiger charge is 2.32. The van der Waals surface area contributed by atoms with E-state index in [1.165, 1.54) is 0 Å². The molecular formula is C21H31ClN2O3. The number of piperidine rings is 1. The van der Waals surface area contributed by atoms with Crippen LogP contribution in [-0.2, 0) is 9.59 Å². The van der Waals surface area contributed by atoms with Crippen molar-refractivity contribution in [2.24, 2.45) is 17.3 Å². The molecule has 0 saturated carbocycles. The second-order valence-corrected chi connectivity index (χ2v) is 9.06. The number of carbonyl (C=O) groups excluding carboxylic acids is 2. The smallest absolute Gasteiger partial charge is 0.227 e. The lowest BCUT2D eigenvalue weighted by Crippen LogP contribution is -2.45. The van der Waals surface area contributed by atoms with Crippen molar-refractivity contribution in [3.63, 3.8) is 0 Å². The fraction of sp³-hybridized carbons (Fsp3) is 0.619. The van der Waals surface area contributed by atoms with Crippen molar-refractivity contribution in [3.05, 3.63) is 23.2 Å². The molecule has 1 heterocycles. The monoisotopic (exact) mass is 394 g/mol. The molecule has 1 saturated heterocycles. The van der Waals surface area contributed by atoms with Gasteiger partial charge in [-0.1, -0.05) is 46.2 Å². The summed E-state index contributed by atoms with van der Waals surface area (Å²) in [7, 11) is 0. The van der Waals surface area contributed by atoms with Gasteiger partial charge in [0.2, 0.25) is 11.8 Å². The van der Waals surface area contributed by atoms with Crippen molar-refractivity contribution in [2.75, 3.05) is 25.0 Å². The van der Waals surface area contributed by atoms with E-state index in [2.05, 4.69) is 19.2 Å². The first-order chi connectivity index (χ1) is 12.6. The maximum Gasteiger partial charge on any atom is 0.227 e. The van der Waals surface area contributed by atoms with Gasteiger partial charge in [-0.3, -0.25) is 9.59 Å². The second-order valence-electron chi connectivity index (χ2n) is 8.66. The summed E-state index contributed by atoms with van der Waals surface area (Å²) >= 11 is 6.26. The summed E-state index contributed by atoms with van der Waals surface area (Å²) in [6.45, 7) is 11.8. The van der Waals surface area contributed by atoms with Crippen LogP contribution in [0, 0.1) is 17.3 Å². The minimum atomic E-state index is -0.384. The van der Waals surface area contributed by atoms with Crippen LogP contribution in [0.5, 0.6) is 5.75 Å². The second kappa shape index (κ2) is 8.96. The van der Waals surface area contributed by atoms with E-state index >= 15 is 0 Å². The number of rotatable bonds is 5. The summed E-state index contributed by atoms with van der Waals surface area (Å²) in [5.41, 5.74) is 0.278. The summed E-state index contributed by atoms with van der Waals surface area (Å²) in [5, 5.41) is 3.42. The molecule has 0 atom stereocenters. The highest BCUT2D eigenvalue weighted by atomic mass is 35.5. The van der Waals surface area contributed by atoms with Crippen molar-refractivity contribution in [1.29, 1.82) is 0 Å². The van der Waals surface area contributed by atoms with Crippen molar-refractivity contribution >= 4 is 29.1 Å². The van der Waals surface area contributed by atoms with Crippen LogP contribution in [0.2, 0.25) is 5.02 Å². The minimum Gasteiger partial charge on any atom is -0.492 e. The molecule has 0 spiro atoms. The third-order valence-electron chi connectivity index (χ3n) is 4.57. The average molecular weight is 395 g/mol. The van der Waals surface area contributed by atoms with Gasteiger partial charge in [0, 0.05) is 30.1 Å². The van der Waals surface area contributed by atoms with Crippen LogP contribution in [0.1, 0.15) is 47.5 Å². The van der Waals surface area contributed by atoms with Crippen LogP contribution >= 0.6 is 11.6 Å². The van der Waals surface area contributed by atoms with Crippen LogP contribution in [0.4, 0.5) is 5.69 Å². The highest BCUT2D eigenvalue weighted by molar-refractivity contribution is 6.32. The number of likely N-dealkylation sites (tertiary alicyclic amines) is 1. The Kier molecular flexibility index (Phi) is 7.15. The molecule has 0 aromatic heterocycles. The molecule has 2 rings (SSSR count). The Hall–Kier alpha value is -1.75. The Balaban J connectivity index is 1.89. The molecule has 1 aromatic carbocycles. The van der Waals surface area contributed by atoms with Gasteiger partial charge in [0.05, 0.1) is 11.6 Å². The number of hydrogen-bond acceptors (Lipinski definition) is 3. The van der Waals surface area contributed by atoms with E-state index in [1.54, 1.807) is 18.2 Å². The topological polar surface area (TPSA) is 58.6 Å². The summed E-state index contributed by atoms with van der Waals surface area (Å²) in [6.07, 6.45) is 1.36. The number of benzene rings is 1. The van der Waals surface area contributed by atoms with Gasteiger partial charge in [0.25, 0.3) is 0 Å². The molecule has 1 aliphatic rings. The molecule has 150 valence electrons.